The Morgan fingerprint density at radius 1 is 1.00 bits per heavy atom. The van der Waals surface area contributed by atoms with Crippen molar-refractivity contribution in [2.45, 2.75) is 0 Å². The Balaban J connectivity index is 2.72. The van der Waals surface area contributed by atoms with Crippen LogP contribution in [0, 0.1) is 0 Å². The fourth-order valence-corrected chi connectivity index (χ4v) is 1.66. The van der Waals surface area contributed by atoms with Crippen LogP contribution < -0.4 is 19.5 Å². The molecule has 0 fully saturated rings. The van der Waals surface area contributed by atoms with Crippen molar-refractivity contribution in [3.05, 3.63) is 12.1 Å². The lowest BCUT2D eigenvalue weighted by molar-refractivity contribution is -0.121. The number of hydrogen-bond donors (Lipinski definition) is 1. The van der Waals surface area contributed by atoms with Crippen LogP contribution in [-0.4, -0.2) is 54.2 Å². The Morgan fingerprint density at radius 3 is 2.10 bits per heavy atom. The number of hydrogen-bond acceptors (Lipinski definition) is 6. The van der Waals surface area contributed by atoms with Crippen LogP contribution in [0.15, 0.2) is 12.1 Å². The molecule has 7 heteroatoms. The predicted octanol–water partition coefficient (Wildman–Crippen LogP) is 1.31. The van der Waals surface area contributed by atoms with Crippen LogP contribution >= 0.6 is 0 Å². The molecule has 118 valence electrons. The second-order valence-electron chi connectivity index (χ2n) is 4.01. The largest absolute Gasteiger partial charge is 0.493 e. The molecule has 1 amide bonds. The van der Waals surface area contributed by atoms with E-state index in [9.17, 15) is 4.79 Å². The van der Waals surface area contributed by atoms with Gasteiger partial charge >= 0.3 is 0 Å². The molecule has 0 spiro atoms. The molecule has 7 nitrogen and oxygen atoms in total. The molecule has 0 atom stereocenters. The van der Waals surface area contributed by atoms with Gasteiger partial charge in [0.1, 0.15) is 6.61 Å². The Labute approximate surface area is 124 Å². The maximum Gasteiger partial charge on any atom is 0.250 e. The number of anilines is 1. The van der Waals surface area contributed by atoms with Crippen molar-refractivity contribution in [3.63, 3.8) is 0 Å². The third-order valence-corrected chi connectivity index (χ3v) is 2.61. The first-order valence-corrected chi connectivity index (χ1v) is 6.32. The smallest absolute Gasteiger partial charge is 0.250 e. The first-order valence-electron chi connectivity index (χ1n) is 6.32. The highest BCUT2D eigenvalue weighted by molar-refractivity contribution is 5.92. The lowest BCUT2D eigenvalue weighted by Gasteiger charge is -2.14. The predicted molar refractivity (Wildman–Crippen MR) is 77.4 cm³/mol. The quantitative estimate of drug-likeness (QED) is 0.693. The van der Waals surface area contributed by atoms with E-state index in [-0.39, 0.29) is 12.5 Å². The van der Waals surface area contributed by atoms with Gasteiger partial charge in [0.25, 0.3) is 0 Å². The molecule has 0 heterocycles. The normalized spacial score (nSPS) is 10.1. The molecule has 0 bridgehead atoms. The summed E-state index contributed by atoms with van der Waals surface area (Å²) in [6.45, 7) is 0.747. The van der Waals surface area contributed by atoms with E-state index in [1.165, 1.54) is 21.3 Å². The van der Waals surface area contributed by atoms with Crippen molar-refractivity contribution < 1.29 is 28.5 Å². The van der Waals surface area contributed by atoms with E-state index in [0.29, 0.717) is 36.1 Å². The number of carbonyl (C=O) groups excluding carboxylic acids is 1. The summed E-state index contributed by atoms with van der Waals surface area (Å²) in [6, 6.07) is 3.29. The summed E-state index contributed by atoms with van der Waals surface area (Å²) in [5.41, 5.74) is 0.532. The molecule has 0 saturated heterocycles. The summed E-state index contributed by atoms with van der Waals surface area (Å²) in [7, 11) is 6.11. The topological polar surface area (TPSA) is 75.3 Å². The van der Waals surface area contributed by atoms with Crippen molar-refractivity contribution in [3.8, 4) is 17.2 Å². The first kappa shape index (κ1) is 17.1. The summed E-state index contributed by atoms with van der Waals surface area (Å²) in [5, 5.41) is 2.70. The lowest BCUT2D eigenvalue weighted by atomic mass is 10.2. The van der Waals surface area contributed by atoms with Crippen LogP contribution in [0.1, 0.15) is 0 Å². The van der Waals surface area contributed by atoms with Gasteiger partial charge in [-0.05, 0) is 0 Å². The Kier molecular flexibility index (Phi) is 7.34. The van der Waals surface area contributed by atoms with Gasteiger partial charge < -0.3 is 29.0 Å². The van der Waals surface area contributed by atoms with Crippen LogP contribution in [0.3, 0.4) is 0 Å². The molecule has 0 aromatic heterocycles. The minimum Gasteiger partial charge on any atom is -0.493 e. The molecule has 0 aliphatic carbocycles. The molecule has 0 unspecified atom stereocenters. The average Bonchev–Trinajstić information content (AvgIpc) is 2.50. The maximum absolute atomic E-state index is 11.7. The zero-order chi connectivity index (χ0) is 15.7. The zero-order valence-electron chi connectivity index (χ0n) is 12.7. The van der Waals surface area contributed by atoms with Gasteiger partial charge in [0.15, 0.2) is 11.5 Å². The molecular formula is C14H21NO6. The van der Waals surface area contributed by atoms with Gasteiger partial charge in [-0.1, -0.05) is 0 Å². The van der Waals surface area contributed by atoms with Crippen LogP contribution in [0.2, 0.25) is 0 Å². The molecule has 0 radical (unpaired) electrons. The highest BCUT2D eigenvalue weighted by atomic mass is 16.5. The average molecular weight is 299 g/mol. The standard InChI is InChI=1S/C14H21NO6/c1-17-5-6-21-9-13(16)15-10-7-11(18-2)14(20-4)12(8-10)19-3/h7-8H,5-6,9H2,1-4H3,(H,15,16). The summed E-state index contributed by atoms with van der Waals surface area (Å²) in [5.74, 6) is 1.12. The van der Waals surface area contributed by atoms with E-state index in [1.807, 2.05) is 0 Å². The maximum atomic E-state index is 11.7. The van der Waals surface area contributed by atoms with Gasteiger partial charge in [0, 0.05) is 24.9 Å². The van der Waals surface area contributed by atoms with Crippen molar-refractivity contribution in [2.24, 2.45) is 0 Å². The summed E-state index contributed by atoms with van der Waals surface area (Å²) in [4.78, 5) is 11.7. The number of carbonyl (C=O) groups is 1. The minimum absolute atomic E-state index is 0.0555. The van der Waals surface area contributed by atoms with Crippen LogP contribution in [0.25, 0.3) is 0 Å². The number of ether oxygens (including phenoxy) is 5. The second-order valence-corrected chi connectivity index (χ2v) is 4.01. The SMILES string of the molecule is COCCOCC(=O)Nc1cc(OC)c(OC)c(OC)c1. The van der Waals surface area contributed by atoms with Crippen LogP contribution in [0.5, 0.6) is 17.2 Å². The van der Waals surface area contributed by atoms with Crippen molar-refractivity contribution >= 4 is 11.6 Å². The molecule has 0 aliphatic heterocycles. The Morgan fingerprint density at radius 2 is 1.62 bits per heavy atom. The lowest BCUT2D eigenvalue weighted by Crippen LogP contribution is -2.19. The highest BCUT2D eigenvalue weighted by Crippen LogP contribution is 2.39. The summed E-state index contributed by atoms with van der Waals surface area (Å²) >= 11 is 0. The van der Waals surface area contributed by atoms with Gasteiger partial charge in [0.05, 0.1) is 34.5 Å². The number of rotatable bonds is 9. The fourth-order valence-electron chi connectivity index (χ4n) is 1.66. The molecule has 1 aromatic carbocycles. The molecule has 0 aliphatic rings. The number of methoxy groups -OCH3 is 4. The zero-order valence-corrected chi connectivity index (χ0v) is 12.7. The van der Waals surface area contributed by atoms with E-state index in [4.69, 9.17) is 23.7 Å². The number of nitrogens with one attached hydrogen (secondary N) is 1. The van der Waals surface area contributed by atoms with Crippen LogP contribution in [0.4, 0.5) is 5.69 Å². The van der Waals surface area contributed by atoms with Gasteiger partial charge in [0.2, 0.25) is 11.7 Å². The third kappa shape index (κ3) is 5.13. The van der Waals surface area contributed by atoms with Crippen molar-refractivity contribution in [1.82, 2.24) is 0 Å². The molecule has 1 rings (SSSR count). The number of amides is 1. The monoisotopic (exact) mass is 299 g/mol. The Hall–Kier alpha value is -1.99. The van der Waals surface area contributed by atoms with E-state index in [0.717, 1.165) is 0 Å². The molecule has 21 heavy (non-hydrogen) atoms. The summed E-state index contributed by atoms with van der Waals surface area (Å²) < 4.78 is 25.6. The van der Waals surface area contributed by atoms with Gasteiger partial charge in [-0.2, -0.15) is 0 Å². The third-order valence-electron chi connectivity index (χ3n) is 2.61. The van der Waals surface area contributed by atoms with Crippen LogP contribution in [-0.2, 0) is 14.3 Å². The highest BCUT2D eigenvalue weighted by Gasteiger charge is 2.14. The minimum atomic E-state index is -0.277. The Bertz CT molecular complexity index is 438. The molecule has 1 aromatic rings. The van der Waals surface area contributed by atoms with Gasteiger partial charge in [-0.3, -0.25) is 4.79 Å². The molecular weight excluding hydrogens is 278 g/mol. The van der Waals surface area contributed by atoms with Crippen molar-refractivity contribution in [1.29, 1.82) is 0 Å². The molecule has 1 N–H and O–H groups in total. The van der Waals surface area contributed by atoms with E-state index >= 15 is 0 Å². The second kappa shape index (κ2) is 9.04. The fraction of sp³-hybridized carbons (Fsp3) is 0.500. The van der Waals surface area contributed by atoms with Gasteiger partial charge in [-0.15, -0.1) is 0 Å². The van der Waals surface area contributed by atoms with Crippen molar-refractivity contribution in [2.75, 3.05) is 53.6 Å². The van der Waals surface area contributed by atoms with E-state index in [2.05, 4.69) is 5.32 Å². The first-order chi connectivity index (χ1) is 10.2. The number of benzene rings is 1. The van der Waals surface area contributed by atoms with Gasteiger partial charge in [-0.25, -0.2) is 0 Å². The van der Waals surface area contributed by atoms with E-state index in [1.54, 1.807) is 19.2 Å². The van der Waals surface area contributed by atoms with E-state index < -0.39 is 0 Å². The molecule has 0 saturated carbocycles. The summed E-state index contributed by atoms with van der Waals surface area (Å²) in [6.07, 6.45) is 0.